The summed E-state index contributed by atoms with van der Waals surface area (Å²) in [5, 5.41) is 8.82. The molecule has 0 radical (unpaired) electrons. The number of aliphatic hydroxyl groups excluding tert-OH is 1. The van der Waals surface area contributed by atoms with E-state index in [1.165, 1.54) is 0 Å². The van der Waals surface area contributed by atoms with Crippen LogP contribution in [0.4, 0.5) is 0 Å². The highest BCUT2D eigenvalue weighted by molar-refractivity contribution is 6.17. The summed E-state index contributed by atoms with van der Waals surface area (Å²) in [4.78, 5) is 0. The highest BCUT2D eigenvalue weighted by atomic mass is 35.5. The second kappa shape index (κ2) is 6.37. The third-order valence-corrected chi connectivity index (χ3v) is 1.52. The lowest BCUT2D eigenvalue weighted by molar-refractivity contribution is 0.180. The molecule has 0 saturated carbocycles. The van der Waals surface area contributed by atoms with Crippen LogP contribution in [0, 0.1) is 0 Å². The van der Waals surface area contributed by atoms with Gasteiger partial charge in [-0.25, -0.2) is 0 Å². The SMILES string of the molecule is CC(O)CCCCCCl. The van der Waals surface area contributed by atoms with Crippen molar-refractivity contribution in [2.24, 2.45) is 0 Å². The first-order valence-electron chi connectivity index (χ1n) is 3.51. The summed E-state index contributed by atoms with van der Waals surface area (Å²) in [5.41, 5.74) is 0. The Morgan fingerprint density at radius 2 is 2.00 bits per heavy atom. The van der Waals surface area contributed by atoms with Crippen molar-refractivity contribution in [3.63, 3.8) is 0 Å². The number of rotatable bonds is 5. The molecule has 0 spiro atoms. The summed E-state index contributed by atoms with van der Waals surface area (Å²) >= 11 is 5.45. The van der Waals surface area contributed by atoms with Crippen molar-refractivity contribution in [1.29, 1.82) is 0 Å². The smallest absolute Gasteiger partial charge is 0.0512 e. The van der Waals surface area contributed by atoms with Crippen LogP contribution < -0.4 is 0 Å². The lowest BCUT2D eigenvalue weighted by atomic mass is 10.1. The van der Waals surface area contributed by atoms with Crippen LogP contribution in [0.1, 0.15) is 32.6 Å². The zero-order valence-corrected chi connectivity index (χ0v) is 6.69. The minimum absolute atomic E-state index is 0.139. The molecule has 1 unspecified atom stereocenters. The van der Waals surface area contributed by atoms with E-state index in [1.807, 2.05) is 6.92 Å². The molecule has 2 heteroatoms. The van der Waals surface area contributed by atoms with E-state index in [-0.39, 0.29) is 6.10 Å². The molecular weight excluding hydrogens is 136 g/mol. The van der Waals surface area contributed by atoms with Crippen molar-refractivity contribution >= 4 is 11.6 Å². The molecule has 0 rings (SSSR count). The van der Waals surface area contributed by atoms with Crippen LogP contribution >= 0.6 is 11.6 Å². The standard InChI is InChI=1S/C7H15ClO/c1-7(9)5-3-2-4-6-8/h7,9H,2-6H2,1H3. The van der Waals surface area contributed by atoms with Crippen LogP contribution in [0.3, 0.4) is 0 Å². The van der Waals surface area contributed by atoms with E-state index in [9.17, 15) is 0 Å². The van der Waals surface area contributed by atoms with E-state index in [2.05, 4.69) is 0 Å². The van der Waals surface area contributed by atoms with E-state index in [0.29, 0.717) is 0 Å². The summed E-state index contributed by atoms with van der Waals surface area (Å²) in [6, 6.07) is 0. The van der Waals surface area contributed by atoms with Gasteiger partial charge < -0.3 is 5.11 Å². The Kier molecular flexibility index (Phi) is 6.55. The van der Waals surface area contributed by atoms with Gasteiger partial charge in [-0.2, -0.15) is 0 Å². The van der Waals surface area contributed by atoms with Gasteiger partial charge in [0.05, 0.1) is 6.10 Å². The van der Waals surface area contributed by atoms with Gasteiger partial charge in [-0.05, 0) is 19.8 Å². The Morgan fingerprint density at radius 1 is 1.33 bits per heavy atom. The van der Waals surface area contributed by atoms with Gasteiger partial charge in [-0.15, -0.1) is 11.6 Å². The van der Waals surface area contributed by atoms with Gasteiger partial charge in [0.2, 0.25) is 0 Å². The van der Waals surface area contributed by atoms with Crippen molar-refractivity contribution in [2.75, 3.05) is 5.88 Å². The van der Waals surface area contributed by atoms with Crippen LogP contribution in [-0.4, -0.2) is 17.1 Å². The van der Waals surface area contributed by atoms with Gasteiger partial charge in [-0.3, -0.25) is 0 Å². The maximum Gasteiger partial charge on any atom is 0.0512 e. The zero-order valence-electron chi connectivity index (χ0n) is 5.94. The first-order valence-corrected chi connectivity index (χ1v) is 4.05. The van der Waals surface area contributed by atoms with E-state index in [4.69, 9.17) is 16.7 Å². The Balaban J connectivity index is 2.75. The molecule has 0 heterocycles. The van der Waals surface area contributed by atoms with E-state index in [1.54, 1.807) is 0 Å². The summed E-state index contributed by atoms with van der Waals surface area (Å²) in [6.07, 6.45) is 4.10. The minimum Gasteiger partial charge on any atom is -0.393 e. The van der Waals surface area contributed by atoms with Crippen molar-refractivity contribution in [1.82, 2.24) is 0 Å². The first kappa shape index (κ1) is 9.25. The normalized spacial score (nSPS) is 13.7. The average Bonchev–Trinajstić information content (AvgIpc) is 1.80. The largest absolute Gasteiger partial charge is 0.393 e. The van der Waals surface area contributed by atoms with Crippen LogP contribution in [0.15, 0.2) is 0 Å². The summed E-state index contributed by atoms with van der Waals surface area (Å²) in [6.45, 7) is 1.82. The van der Waals surface area contributed by atoms with Crippen LogP contribution in [0.5, 0.6) is 0 Å². The molecule has 0 saturated heterocycles. The van der Waals surface area contributed by atoms with Crippen LogP contribution in [-0.2, 0) is 0 Å². The quantitative estimate of drug-likeness (QED) is 0.471. The van der Waals surface area contributed by atoms with Crippen LogP contribution in [0.2, 0.25) is 0 Å². The molecule has 0 aromatic heterocycles. The van der Waals surface area contributed by atoms with Gasteiger partial charge in [0.15, 0.2) is 0 Å². The molecule has 9 heavy (non-hydrogen) atoms. The third-order valence-electron chi connectivity index (χ3n) is 1.26. The third kappa shape index (κ3) is 8.25. The maximum atomic E-state index is 8.82. The molecule has 1 atom stereocenters. The van der Waals surface area contributed by atoms with Gasteiger partial charge in [0, 0.05) is 5.88 Å². The Morgan fingerprint density at radius 3 is 2.44 bits per heavy atom. The second-order valence-electron chi connectivity index (χ2n) is 2.39. The predicted octanol–water partition coefficient (Wildman–Crippen LogP) is 2.17. The van der Waals surface area contributed by atoms with E-state index >= 15 is 0 Å². The predicted molar refractivity (Wildman–Crippen MR) is 40.9 cm³/mol. The first-order chi connectivity index (χ1) is 4.27. The molecule has 0 aromatic rings. The number of hydrogen-bond donors (Lipinski definition) is 1. The number of hydrogen-bond acceptors (Lipinski definition) is 1. The van der Waals surface area contributed by atoms with Crippen LogP contribution in [0.25, 0.3) is 0 Å². The summed E-state index contributed by atoms with van der Waals surface area (Å²) < 4.78 is 0. The molecule has 0 aromatic carbocycles. The second-order valence-corrected chi connectivity index (χ2v) is 2.77. The zero-order chi connectivity index (χ0) is 7.11. The molecular formula is C7H15ClO. The van der Waals surface area contributed by atoms with Gasteiger partial charge in [-0.1, -0.05) is 12.8 Å². The fourth-order valence-electron chi connectivity index (χ4n) is 0.711. The Hall–Kier alpha value is 0.250. The molecule has 0 fully saturated rings. The fraction of sp³-hybridized carbons (Fsp3) is 1.00. The highest BCUT2D eigenvalue weighted by Crippen LogP contribution is 2.03. The van der Waals surface area contributed by atoms with Gasteiger partial charge in [0.1, 0.15) is 0 Å². The summed E-state index contributed by atoms with van der Waals surface area (Å²) in [5.74, 6) is 0.750. The van der Waals surface area contributed by atoms with E-state index in [0.717, 1.165) is 31.6 Å². The Bertz CT molecular complexity index is 54.9. The summed E-state index contributed by atoms with van der Waals surface area (Å²) in [7, 11) is 0. The molecule has 1 nitrogen and oxygen atoms in total. The minimum atomic E-state index is -0.139. The number of alkyl halides is 1. The number of halogens is 1. The lowest BCUT2D eigenvalue weighted by Crippen LogP contribution is -1.98. The Labute approximate surface area is 62.0 Å². The number of unbranched alkanes of at least 4 members (excludes halogenated alkanes) is 2. The van der Waals surface area contributed by atoms with Gasteiger partial charge >= 0.3 is 0 Å². The molecule has 0 bridgehead atoms. The van der Waals surface area contributed by atoms with Crippen molar-refractivity contribution in [2.45, 2.75) is 38.7 Å². The lowest BCUT2D eigenvalue weighted by Gasteiger charge is -2.00. The number of aliphatic hydroxyl groups is 1. The fourth-order valence-corrected chi connectivity index (χ4v) is 0.900. The van der Waals surface area contributed by atoms with Crippen molar-refractivity contribution in [3.8, 4) is 0 Å². The van der Waals surface area contributed by atoms with Crippen molar-refractivity contribution < 1.29 is 5.11 Å². The van der Waals surface area contributed by atoms with Gasteiger partial charge in [0.25, 0.3) is 0 Å². The molecule has 0 aliphatic carbocycles. The topological polar surface area (TPSA) is 20.2 Å². The molecule has 1 N–H and O–H groups in total. The maximum absolute atomic E-state index is 8.82. The molecule has 0 aliphatic rings. The monoisotopic (exact) mass is 150 g/mol. The van der Waals surface area contributed by atoms with E-state index < -0.39 is 0 Å². The molecule has 0 aliphatic heterocycles. The average molecular weight is 151 g/mol. The highest BCUT2D eigenvalue weighted by Gasteiger charge is 1.93. The van der Waals surface area contributed by atoms with Crippen molar-refractivity contribution in [3.05, 3.63) is 0 Å². The molecule has 56 valence electrons. The molecule has 0 amide bonds.